The fourth-order valence-electron chi connectivity index (χ4n) is 4.44. The number of benzene rings is 1. The lowest BCUT2D eigenvalue weighted by Gasteiger charge is -2.24. The second-order valence-electron chi connectivity index (χ2n) is 10.8. The Hall–Kier alpha value is -4.11. The first-order valence-corrected chi connectivity index (χ1v) is 15.2. The number of ether oxygens (including phenoxy) is 2. The Bertz CT molecular complexity index is 1280. The zero-order chi connectivity index (χ0) is 33.5. The summed E-state index contributed by atoms with van der Waals surface area (Å²) < 4.78 is 10.1. The number of carboxylic acid groups (broad SMARTS) is 1. The van der Waals surface area contributed by atoms with Gasteiger partial charge in [-0.3, -0.25) is 28.9 Å². The predicted molar refractivity (Wildman–Crippen MR) is 164 cm³/mol. The van der Waals surface area contributed by atoms with E-state index < -0.39 is 41.9 Å². The summed E-state index contributed by atoms with van der Waals surface area (Å²) in [6, 6.07) is 5.01. The lowest BCUT2D eigenvalue weighted by Crippen LogP contribution is -2.46. The number of carbonyl (C=O) groups excluding carboxylic acids is 6. The molecule has 14 nitrogen and oxygen atoms in total. The van der Waals surface area contributed by atoms with E-state index in [1.165, 1.54) is 6.08 Å². The highest BCUT2D eigenvalue weighted by molar-refractivity contribution is 9.12. The van der Waals surface area contributed by atoms with Crippen LogP contribution in [-0.4, -0.2) is 83.8 Å². The topological polar surface area (TPSA) is 211 Å². The number of urea groups is 1. The Labute approximate surface area is 269 Å². The number of hydrogen-bond donors (Lipinski definition) is 4. The predicted octanol–water partition coefficient (Wildman–Crippen LogP) is 2.21. The van der Waals surface area contributed by atoms with Crippen LogP contribution in [0.15, 0.2) is 34.8 Å². The third kappa shape index (κ3) is 13.2. The van der Waals surface area contributed by atoms with Crippen molar-refractivity contribution in [1.29, 1.82) is 0 Å². The second-order valence-corrected chi connectivity index (χ2v) is 11.6. The summed E-state index contributed by atoms with van der Waals surface area (Å²) in [5.74, 6) is -2.79. The first-order valence-electron chi connectivity index (χ1n) is 14.4. The first kappa shape index (κ1) is 37.1. The monoisotopic (exact) mass is 694 g/mol. The largest absolute Gasteiger partial charge is 0.506 e. The number of primary amides is 1. The molecule has 0 aromatic heterocycles. The van der Waals surface area contributed by atoms with Gasteiger partial charge in [-0.15, -0.1) is 0 Å². The van der Waals surface area contributed by atoms with Gasteiger partial charge in [0.25, 0.3) is 11.8 Å². The van der Waals surface area contributed by atoms with E-state index in [9.17, 15) is 33.6 Å². The van der Waals surface area contributed by atoms with Crippen molar-refractivity contribution in [2.24, 2.45) is 17.6 Å². The zero-order valence-corrected chi connectivity index (χ0v) is 26.8. The van der Waals surface area contributed by atoms with Gasteiger partial charge in [-0.2, -0.15) is 0 Å². The molecule has 1 aliphatic rings. The van der Waals surface area contributed by atoms with Crippen LogP contribution >= 0.6 is 15.9 Å². The molecule has 45 heavy (non-hydrogen) atoms. The lowest BCUT2D eigenvalue weighted by molar-refractivity contribution is -0.138. The molecule has 0 fully saturated rings. The second kappa shape index (κ2) is 18.6. The Morgan fingerprint density at radius 3 is 2.29 bits per heavy atom. The number of carbonyl (C=O) groups is 7. The van der Waals surface area contributed by atoms with Gasteiger partial charge in [0.15, 0.2) is 5.78 Å². The van der Waals surface area contributed by atoms with Crippen LogP contribution < -0.4 is 16.4 Å². The normalized spacial score (nSPS) is 14.1. The van der Waals surface area contributed by atoms with Gasteiger partial charge in [0.05, 0.1) is 30.3 Å². The number of imide groups is 1. The minimum Gasteiger partial charge on any atom is -0.450 e. The SMILES string of the molecule is CC(C)[C@H](CC(=O)CCOCCN1C(=O)C=C(Br)C1=O)C(=O)N[C@@H](CCCNC(N)=O)C(=O)Cc1ccc(COC(=O)O)cc1. The number of nitrogens with zero attached hydrogens (tertiary/aromatic N) is 1. The molecule has 1 heterocycles. The molecule has 0 aliphatic carbocycles. The smallest absolute Gasteiger partial charge is 0.450 e. The molecule has 2 atom stereocenters. The molecular weight excluding hydrogens is 656 g/mol. The average Bonchev–Trinajstić information content (AvgIpc) is 3.21. The molecule has 1 aromatic carbocycles. The van der Waals surface area contributed by atoms with E-state index in [-0.39, 0.29) is 80.6 Å². The van der Waals surface area contributed by atoms with Crippen LogP contribution in [0.2, 0.25) is 0 Å². The van der Waals surface area contributed by atoms with Gasteiger partial charge in [-0.05, 0) is 45.8 Å². The summed E-state index contributed by atoms with van der Waals surface area (Å²) in [5.41, 5.74) is 6.37. The van der Waals surface area contributed by atoms with E-state index in [4.69, 9.17) is 15.6 Å². The van der Waals surface area contributed by atoms with Gasteiger partial charge >= 0.3 is 12.2 Å². The number of Topliss-reactive ketones (excluding diaryl/α,β-unsaturated/α-hetero) is 2. The molecule has 0 bridgehead atoms. The summed E-state index contributed by atoms with van der Waals surface area (Å²) in [6.07, 6.45) is 0.291. The number of ketones is 2. The van der Waals surface area contributed by atoms with Crippen LogP contribution in [0.5, 0.6) is 0 Å². The van der Waals surface area contributed by atoms with Crippen molar-refractivity contribution in [2.75, 3.05) is 26.3 Å². The molecule has 15 heteroatoms. The van der Waals surface area contributed by atoms with Crippen LogP contribution in [0, 0.1) is 11.8 Å². The highest BCUT2D eigenvalue weighted by Crippen LogP contribution is 2.19. The maximum atomic E-state index is 13.3. The van der Waals surface area contributed by atoms with Gasteiger partial charge in [-0.25, -0.2) is 9.59 Å². The molecule has 0 unspecified atom stereocenters. The molecule has 5 amide bonds. The minimum absolute atomic E-state index is 0.0154. The van der Waals surface area contributed by atoms with Gasteiger partial charge < -0.3 is 30.9 Å². The fraction of sp³-hybridized carbons (Fsp3) is 0.500. The molecule has 246 valence electrons. The van der Waals surface area contributed by atoms with Crippen molar-refractivity contribution >= 4 is 57.4 Å². The maximum absolute atomic E-state index is 13.3. The van der Waals surface area contributed by atoms with Crippen molar-refractivity contribution < 1.29 is 48.1 Å². The fourth-order valence-corrected chi connectivity index (χ4v) is 4.85. The van der Waals surface area contributed by atoms with Crippen LogP contribution in [0.25, 0.3) is 0 Å². The molecule has 0 saturated carbocycles. The molecule has 1 aliphatic heterocycles. The van der Waals surface area contributed by atoms with Crippen molar-refractivity contribution in [3.05, 3.63) is 46.0 Å². The van der Waals surface area contributed by atoms with Crippen LogP contribution in [0.4, 0.5) is 9.59 Å². The van der Waals surface area contributed by atoms with E-state index in [1.807, 2.05) is 0 Å². The Morgan fingerprint density at radius 2 is 1.71 bits per heavy atom. The summed E-state index contributed by atoms with van der Waals surface area (Å²) in [6.45, 7) is 3.81. The highest BCUT2D eigenvalue weighted by atomic mass is 79.9. The molecule has 1 aromatic rings. The van der Waals surface area contributed by atoms with Gasteiger partial charge in [0.1, 0.15) is 12.4 Å². The average molecular weight is 696 g/mol. The first-order chi connectivity index (χ1) is 21.3. The number of nitrogens with two attached hydrogens (primary N) is 1. The van der Waals surface area contributed by atoms with Crippen LogP contribution in [0.1, 0.15) is 50.7 Å². The highest BCUT2D eigenvalue weighted by Gasteiger charge is 2.30. The van der Waals surface area contributed by atoms with Crippen molar-refractivity contribution in [3.8, 4) is 0 Å². The van der Waals surface area contributed by atoms with E-state index in [1.54, 1.807) is 38.1 Å². The standard InChI is InChI=1S/C30H39BrN4O10/c1-18(2)22(15-21(36)9-12-44-13-11-35-26(38)16-23(31)28(35)40)27(39)34-24(4-3-10-33-29(32)41)25(37)14-19-5-7-20(8-6-19)17-45-30(42)43/h5-8,16,18,22,24H,3-4,9-15,17H2,1-2H3,(H,34,39)(H,42,43)(H3,32,33,41)/t22-,24-/m0/s1. The number of amides is 5. The maximum Gasteiger partial charge on any atom is 0.506 e. The van der Waals surface area contributed by atoms with E-state index >= 15 is 0 Å². The number of hydrogen-bond acceptors (Lipinski definition) is 9. The Morgan fingerprint density at radius 1 is 1.04 bits per heavy atom. The Balaban J connectivity index is 1.94. The summed E-state index contributed by atoms with van der Waals surface area (Å²) in [7, 11) is 0. The van der Waals surface area contributed by atoms with Crippen molar-refractivity contribution in [1.82, 2.24) is 15.5 Å². The van der Waals surface area contributed by atoms with Gasteiger partial charge in [0.2, 0.25) is 5.91 Å². The van der Waals surface area contributed by atoms with Crippen LogP contribution in [-0.2, 0) is 46.5 Å². The molecule has 2 rings (SSSR count). The quantitative estimate of drug-likeness (QED) is 0.0887. The molecular formula is C30H39BrN4O10. The molecule has 0 spiro atoms. The van der Waals surface area contributed by atoms with Crippen molar-refractivity contribution in [2.45, 2.75) is 58.6 Å². The lowest BCUT2D eigenvalue weighted by atomic mass is 9.88. The van der Waals surface area contributed by atoms with Crippen molar-refractivity contribution in [3.63, 3.8) is 0 Å². The van der Waals surface area contributed by atoms with Gasteiger partial charge in [0, 0.05) is 37.8 Å². The number of rotatable bonds is 20. The van der Waals surface area contributed by atoms with E-state index in [2.05, 4.69) is 31.3 Å². The number of nitrogens with one attached hydrogen (secondary N) is 2. The zero-order valence-electron chi connectivity index (χ0n) is 25.2. The molecule has 0 saturated heterocycles. The minimum atomic E-state index is -1.40. The molecule has 5 N–H and O–H groups in total. The van der Waals surface area contributed by atoms with E-state index in [0.717, 1.165) is 4.90 Å². The summed E-state index contributed by atoms with van der Waals surface area (Å²) in [4.78, 5) is 85.7. The third-order valence-electron chi connectivity index (χ3n) is 6.98. The number of halogens is 1. The summed E-state index contributed by atoms with van der Waals surface area (Å²) >= 11 is 3.01. The third-order valence-corrected chi connectivity index (χ3v) is 7.54. The van der Waals surface area contributed by atoms with Crippen LogP contribution in [0.3, 0.4) is 0 Å². The summed E-state index contributed by atoms with van der Waals surface area (Å²) in [5, 5.41) is 13.9. The van der Waals surface area contributed by atoms with Gasteiger partial charge in [-0.1, -0.05) is 38.1 Å². The van der Waals surface area contributed by atoms with E-state index in [0.29, 0.717) is 17.5 Å². The molecule has 0 radical (unpaired) electrons. The Kier molecular flexibility index (Phi) is 15.4.